The van der Waals surface area contributed by atoms with Crippen LogP contribution in [0.4, 0.5) is 4.39 Å². The number of carbonyl (C=O) groups excluding carboxylic acids is 1. The minimum Gasteiger partial charge on any atom is -0.340 e. The van der Waals surface area contributed by atoms with Crippen molar-refractivity contribution >= 4 is 17.5 Å². The quantitative estimate of drug-likeness (QED) is 0.853. The van der Waals surface area contributed by atoms with Crippen molar-refractivity contribution in [1.29, 1.82) is 0 Å². The van der Waals surface area contributed by atoms with Crippen molar-refractivity contribution < 1.29 is 9.18 Å². The van der Waals surface area contributed by atoms with Gasteiger partial charge in [0.15, 0.2) is 0 Å². The number of hydrogen-bond donors (Lipinski definition) is 0. The molecule has 4 rings (SSSR count). The first-order valence-corrected chi connectivity index (χ1v) is 8.62. The van der Waals surface area contributed by atoms with Crippen molar-refractivity contribution in [1.82, 2.24) is 19.9 Å². The smallest absolute Gasteiger partial charge is 0.227 e. The predicted molar refractivity (Wildman–Crippen MR) is 87.3 cm³/mol. The van der Waals surface area contributed by atoms with Gasteiger partial charge in [0.05, 0.1) is 18.2 Å². The van der Waals surface area contributed by atoms with Crippen LogP contribution in [0, 0.1) is 5.82 Å². The number of benzene rings is 1. The third-order valence-corrected chi connectivity index (χ3v) is 5.16. The first kappa shape index (κ1) is 15.6. The molecule has 0 bridgehead atoms. The molecule has 2 fully saturated rings. The fraction of sp³-hybridized carbons (Fsp3) is 0.471. The monoisotopic (exact) mass is 348 g/mol. The maximum atomic E-state index is 13.8. The Morgan fingerprint density at radius 3 is 2.92 bits per heavy atom. The van der Waals surface area contributed by atoms with Crippen LogP contribution in [-0.2, 0) is 11.2 Å². The molecule has 24 heavy (non-hydrogen) atoms. The molecule has 1 atom stereocenters. The standard InChI is InChI=1S/C17H18ClFN4O/c18-14-2-1-3-15(19)13(14)8-17(24)22-7-6-12(9-22)23-10-16(20-21-23)11-4-5-11/h1-3,10-12H,4-9H2/t12-/m0/s1. The van der Waals surface area contributed by atoms with Gasteiger partial charge in [-0.3, -0.25) is 4.79 Å². The van der Waals surface area contributed by atoms with Crippen molar-refractivity contribution in [3.05, 3.63) is 46.5 Å². The Labute approximate surface area is 144 Å². The van der Waals surface area contributed by atoms with E-state index in [-0.39, 0.29) is 23.9 Å². The maximum absolute atomic E-state index is 13.8. The fourth-order valence-electron chi connectivity index (χ4n) is 3.18. The lowest BCUT2D eigenvalue weighted by Crippen LogP contribution is -2.30. The molecule has 0 spiro atoms. The lowest BCUT2D eigenvalue weighted by atomic mass is 10.1. The summed E-state index contributed by atoms with van der Waals surface area (Å²) >= 11 is 6.01. The molecule has 1 amide bonds. The van der Waals surface area contributed by atoms with E-state index in [2.05, 4.69) is 10.3 Å². The van der Waals surface area contributed by atoms with E-state index in [0.29, 0.717) is 24.0 Å². The summed E-state index contributed by atoms with van der Waals surface area (Å²) in [6.07, 6.45) is 5.21. The first-order valence-electron chi connectivity index (χ1n) is 8.24. The van der Waals surface area contributed by atoms with Gasteiger partial charge in [0.1, 0.15) is 5.82 Å². The molecule has 5 nitrogen and oxygen atoms in total. The Hall–Kier alpha value is -1.95. The number of amides is 1. The van der Waals surface area contributed by atoms with Gasteiger partial charge in [0.2, 0.25) is 5.91 Å². The summed E-state index contributed by atoms with van der Waals surface area (Å²) in [4.78, 5) is 14.2. The summed E-state index contributed by atoms with van der Waals surface area (Å²) in [5, 5.41) is 8.73. The van der Waals surface area contributed by atoms with E-state index in [4.69, 9.17) is 11.6 Å². The molecule has 7 heteroatoms. The van der Waals surface area contributed by atoms with E-state index in [0.717, 1.165) is 12.1 Å². The van der Waals surface area contributed by atoms with E-state index < -0.39 is 5.82 Å². The van der Waals surface area contributed by atoms with Gasteiger partial charge in [-0.25, -0.2) is 9.07 Å². The highest BCUT2D eigenvalue weighted by atomic mass is 35.5. The summed E-state index contributed by atoms with van der Waals surface area (Å²) in [6.45, 7) is 1.23. The van der Waals surface area contributed by atoms with Crippen molar-refractivity contribution in [2.24, 2.45) is 0 Å². The van der Waals surface area contributed by atoms with Gasteiger partial charge in [-0.05, 0) is 31.4 Å². The maximum Gasteiger partial charge on any atom is 0.227 e. The van der Waals surface area contributed by atoms with Crippen LogP contribution >= 0.6 is 11.6 Å². The third-order valence-electron chi connectivity index (χ3n) is 4.80. The Bertz CT molecular complexity index is 753. The van der Waals surface area contributed by atoms with E-state index in [9.17, 15) is 9.18 Å². The molecule has 2 aromatic rings. The van der Waals surface area contributed by atoms with Gasteiger partial charge in [0.25, 0.3) is 0 Å². The molecule has 2 heterocycles. The minimum absolute atomic E-state index is 0.0110. The number of carbonyl (C=O) groups is 1. The van der Waals surface area contributed by atoms with E-state index >= 15 is 0 Å². The molecular formula is C17H18ClFN4O. The average molecular weight is 349 g/mol. The van der Waals surface area contributed by atoms with Gasteiger partial charge in [0, 0.05) is 35.8 Å². The van der Waals surface area contributed by atoms with Crippen molar-refractivity contribution in [3.8, 4) is 0 Å². The molecule has 126 valence electrons. The van der Waals surface area contributed by atoms with Gasteiger partial charge >= 0.3 is 0 Å². The Balaban J connectivity index is 1.41. The minimum atomic E-state index is -0.433. The van der Waals surface area contributed by atoms with Gasteiger partial charge < -0.3 is 4.90 Å². The summed E-state index contributed by atoms with van der Waals surface area (Å²) in [5.74, 6) is 0.0325. The van der Waals surface area contributed by atoms with Crippen LogP contribution < -0.4 is 0 Å². The first-order chi connectivity index (χ1) is 11.6. The number of nitrogens with zero attached hydrogens (tertiary/aromatic N) is 4. The second kappa shape index (κ2) is 6.16. The average Bonchev–Trinajstić information content (AvgIpc) is 3.10. The van der Waals surface area contributed by atoms with Gasteiger partial charge in [-0.1, -0.05) is 22.9 Å². The zero-order valence-corrected chi connectivity index (χ0v) is 13.9. The molecule has 1 aromatic heterocycles. The molecule has 0 N–H and O–H groups in total. The van der Waals surface area contributed by atoms with Crippen LogP contribution in [0.1, 0.15) is 42.5 Å². The van der Waals surface area contributed by atoms with Crippen molar-refractivity contribution in [2.75, 3.05) is 13.1 Å². The zero-order chi connectivity index (χ0) is 16.7. The SMILES string of the molecule is O=C(Cc1c(F)cccc1Cl)N1CC[C@H](n2cc(C3CC3)nn2)C1. The largest absolute Gasteiger partial charge is 0.340 e. The van der Waals surface area contributed by atoms with Gasteiger partial charge in [-0.2, -0.15) is 0 Å². The topological polar surface area (TPSA) is 51.0 Å². The second-order valence-electron chi connectivity index (χ2n) is 6.56. The van der Waals surface area contributed by atoms with Crippen LogP contribution in [0.2, 0.25) is 5.02 Å². The van der Waals surface area contributed by atoms with Crippen LogP contribution in [0.15, 0.2) is 24.4 Å². The molecule has 1 saturated heterocycles. The summed E-state index contributed by atoms with van der Waals surface area (Å²) in [5.41, 5.74) is 1.32. The molecule has 1 saturated carbocycles. The van der Waals surface area contributed by atoms with E-state index in [1.54, 1.807) is 17.0 Å². The van der Waals surface area contributed by atoms with Crippen LogP contribution in [0.25, 0.3) is 0 Å². The lowest BCUT2D eigenvalue weighted by Gasteiger charge is -2.17. The second-order valence-corrected chi connectivity index (χ2v) is 6.96. The number of hydrogen-bond acceptors (Lipinski definition) is 3. The summed E-state index contributed by atoms with van der Waals surface area (Å²) < 4.78 is 15.7. The van der Waals surface area contributed by atoms with Crippen LogP contribution in [-0.4, -0.2) is 38.9 Å². The number of halogens is 2. The summed E-state index contributed by atoms with van der Waals surface area (Å²) in [6, 6.07) is 4.62. The normalized spacial score (nSPS) is 20.6. The zero-order valence-electron chi connectivity index (χ0n) is 13.2. The summed E-state index contributed by atoms with van der Waals surface area (Å²) in [7, 11) is 0. The van der Waals surface area contributed by atoms with E-state index in [1.165, 1.54) is 18.9 Å². The molecule has 0 unspecified atom stereocenters. The Morgan fingerprint density at radius 1 is 1.33 bits per heavy atom. The Kier molecular flexibility index (Phi) is 4.00. The highest BCUT2D eigenvalue weighted by Gasteiger charge is 2.31. The van der Waals surface area contributed by atoms with Crippen LogP contribution in [0.3, 0.4) is 0 Å². The molecule has 1 aliphatic heterocycles. The number of rotatable bonds is 4. The van der Waals surface area contributed by atoms with Gasteiger partial charge in [-0.15, -0.1) is 5.10 Å². The molecule has 2 aliphatic rings. The highest BCUT2D eigenvalue weighted by Crippen LogP contribution is 2.39. The van der Waals surface area contributed by atoms with E-state index in [1.807, 2.05) is 10.9 Å². The fourth-order valence-corrected chi connectivity index (χ4v) is 3.41. The number of likely N-dealkylation sites (tertiary alicyclic amines) is 1. The number of aromatic nitrogens is 3. The molecule has 1 aliphatic carbocycles. The molecule has 1 aromatic carbocycles. The van der Waals surface area contributed by atoms with Crippen molar-refractivity contribution in [3.63, 3.8) is 0 Å². The lowest BCUT2D eigenvalue weighted by molar-refractivity contribution is -0.129. The van der Waals surface area contributed by atoms with Crippen LogP contribution in [0.5, 0.6) is 0 Å². The third kappa shape index (κ3) is 3.02. The molecular weight excluding hydrogens is 331 g/mol. The predicted octanol–water partition coefficient (Wildman–Crippen LogP) is 2.96. The molecule has 0 radical (unpaired) electrons. The highest BCUT2D eigenvalue weighted by molar-refractivity contribution is 6.31. The Morgan fingerprint density at radius 2 is 2.17 bits per heavy atom. The van der Waals surface area contributed by atoms with Crippen molar-refractivity contribution in [2.45, 2.75) is 37.6 Å².